The number of carbonyl (C=O) groups excluding carboxylic acids is 3. The van der Waals surface area contributed by atoms with Crippen LogP contribution in [0.4, 0.5) is 0 Å². The van der Waals surface area contributed by atoms with Gasteiger partial charge in [-0.05, 0) is 40.5 Å². The third kappa shape index (κ3) is 6.60. The molecule has 0 aliphatic carbocycles. The molecule has 0 spiro atoms. The summed E-state index contributed by atoms with van der Waals surface area (Å²) in [6.45, 7) is 7.51. The van der Waals surface area contributed by atoms with E-state index < -0.39 is 17.6 Å². The summed E-state index contributed by atoms with van der Waals surface area (Å²) in [6.07, 6.45) is 3.30. The van der Waals surface area contributed by atoms with Crippen molar-refractivity contribution in [1.29, 1.82) is 0 Å². The molecule has 0 bridgehead atoms. The van der Waals surface area contributed by atoms with E-state index in [1.54, 1.807) is 32.6 Å². The van der Waals surface area contributed by atoms with Gasteiger partial charge in [-0.3, -0.25) is 9.59 Å². The molecule has 6 heteroatoms. The van der Waals surface area contributed by atoms with E-state index in [0.29, 0.717) is 13.0 Å². The molecule has 0 aromatic heterocycles. The molecule has 0 radical (unpaired) electrons. The largest absolute Gasteiger partial charge is 0.458 e. The van der Waals surface area contributed by atoms with E-state index >= 15 is 0 Å². The van der Waals surface area contributed by atoms with Crippen molar-refractivity contribution in [2.24, 2.45) is 0 Å². The zero-order chi connectivity index (χ0) is 16.0. The number of nitrogens with one attached hydrogen (secondary N) is 1. The van der Waals surface area contributed by atoms with E-state index in [0.717, 1.165) is 19.3 Å². The van der Waals surface area contributed by atoms with Crippen LogP contribution in [0.5, 0.6) is 0 Å². The van der Waals surface area contributed by atoms with Gasteiger partial charge in [0.1, 0.15) is 11.6 Å². The van der Waals surface area contributed by atoms with Crippen LogP contribution in [0.2, 0.25) is 0 Å². The van der Waals surface area contributed by atoms with Gasteiger partial charge in [0, 0.05) is 13.0 Å². The number of nitrogens with zero attached hydrogens (tertiary/aromatic N) is 1. The van der Waals surface area contributed by atoms with Crippen molar-refractivity contribution in [3.8, 4) is 0 Å². The summed E-state index contributed by atoms with van der Waals surface area (Å²) in [5.41, 5.74) is -0.586. The molecule has 1 atom stereocenters. The molecule has 6 nitrogen and oxygen atoms in total. The molecule has 1 fully saturated rings. The van der Waals surface area contributed by atoms with E-state index in [-0.39, 0.29) is 18.4 Å². The summed E-state index contributed by atoms with van der Waals surface area (Å²) in [5, 5.41) is 2.58. The monoisotopic (exact) mass is 298 g/mol. The van der Waals surface area contributed by atoms with Gasteiger partial charge in [0.25, 0.3) is 0 Å². The highest BCUT2D eigenvalue weighted by atomic mass is 16.6. The number of hydrogen-bond acceptors (Lipinski definition) is 4. The van der Waals surface area contributed by atoms with Crippen molar-refractivity contribution in [3.05, 3.63) is 0 Å². The Morgan fingerprint density at radius 3 is 2.57 bits per heavy atom. The highest BCUT2D eigenvalue weighted by Gasteiger charge is 2.25. The smallest absolute Gasteiger partial charge is 0.328 e. The maximum absolute atomic E-state index is 11.9. The van der Waals surface area contributed by atoms with E-state index in [1.165, 1.54) is 0 Å². The normalized spacial score (nSPS) is 17.9. The highest BCUT2D eigenvalue weighted by molar-refractivity contribution is 5.88. The van der Waals surface area contributed by atoms with E-state index in [9.17, 15) is 14.4 Å². The molecule has 21 heavy (non-hydrogen) atoms. The maximum Gasteiger partial charge on any atom is 0.328 e. The van der Waals surface area contributed by atoms with Gasteiger partial charge < -0.3 is 15.0 Å². The molecule has 1 aliphatic rings. The summed E-state index contributed by atoms with van der Waals surface area (Å²) < 4.78 is 5.20. The Hall–Kier alpha value is -1.59. The second-order valence-corrected chi connectivity index (χ2v) is 6.45. The lowest BCUT2D eigenvalue weighted by molar-refractivity contribution is -0.158. The molecule has 1 rings (SSSR count). The predicted molar refractivity (Wildman–Crippen MR) is 78.5 cm³/mol. The van der Waals surface area contributed by atoms with Crippen LogP contribution in [-0.2, 0) is 19.1 Å². The average Bonchev–Trinajstić information content (AvgIpc) is 2.52. The minimum Gasteiger partial charge on any atom is -0.458 e. The predicted octanol–water partition coefficient (Wildman–Crippen LogP) is 1.24. The third-order valence-electron chi connectivity index (χ3n) is 3.14. The van der Waals surface area contributed by atoms with Crippen LogP contribution < -0.4 is 5.32 Å². The second kappa shape index (κ2) is 7.43. The van der Waals surface area contributed by atoms with Crippen LogP contribution in [0.1, 0.15) is 53.4 Å². The van der Waals surface area contributed by atoms with Gasteiger partial charge in [-0.2, -0.15) is 0 Å². The number of hydrogen-bond donors (Lipinski definition) is 1. The maximum atomic E-state index is 11.9. The van der Waals surface area contributed by atoms with Gasteiger partial charge in [-0.1, -0.05) is 6.42 Å². The van der Waals surface area contributed by atoms with Crippen LogP contribution in [-0.4, -0.2) is 47.4 Å². The number of likely N-dealkylation sites (tertiary alicyclic amines) is 1. The minimum absolute atomic E-state index is 0.00592. The zero-order valence-corrected chi connectivity index (χ0v) is 13.4. The molecule has 1 aliphatic heterocycles. The molecule has 0 aromatic carbocycles. The second-order valence-electron chi connectivity index (χ2n) is 6.45. The Morgan fingerprint density at radius 1 is 1.29 bits per heavy atom. The molecular formula is C15H26N2O4. The molecule has 0 saturated carbocycles. The number of rotatable bonds is 4. The minimum atomic E-state index is -0.723. The number of carbonyl (C=O) groups is 3. The number of ether oxygens (including phenoxy) is 1. The first kappa shape index (κ1) is 17.5. The lowest BCUT2D eigenvalue weighted by Gasteiger charge is -2.24. The Bertz CT molecular complexity index is 401. The molecule has 0 aromatic rings. The fourth-order valence-electron chi connectivity index (χ4n) is 2.12. The van der Waals surface area contributed by atoms with Gasteiger partial charge in [0.2, 0.25) is 11.8 Å². The summed E-state index contributed by atoms with van der Waals surface area (Å²) in [4.78, 5) is 37.1. The summed E-state index contributed by atoms with van der Waals surface area (Å²) in [7, 11) is 0. The Balaban J connectivity index is 2.45. The molecule has 1 saturated heterocycles. The number of amides is 2. The van der Waals surface area contributed by atoms with E-state index in [1.807, 2.05) is 0 Å². The van der Waals surface area contributed by atoms with Crippen LogP contribution in [0, 0.1) is 0 Å². The van der Waals surface area contributed by atoms with Gasteiger partial charge in [-0.25, -0.2) is 4.79 Å². The topological polar surface area (TPSA) is 75.7 Å². The first-order valence-corrected chi connectivity index (χ1v) is 7.49. The zero-order valence-electron chi connectivity index (χ0n) is 13.4. The SMILES string of the molecule is C[C@H](NC(=O)CN1CCCCCC1=O)C(=O)OC(C)(C)C. The van der Waals surface area contributed by atoms with Crippen molar-refractivity contribution in [2.75, 3.05) is 13.1 Å². The fourth-order valence-corrected chi connectivity index (χ4v) is 2.12. The van der Waals surface area contributed by atoms with Gasteiger partial charge in [0.05, 0.1) is 6.54 Å². The molecule has 1 N–H and O–H groups in total. The summed E-state index contributed by atoms with van der Waals surface area (Å²) in [6, 6.07) is -0.723. The molecule has 2 amide bonds. The van der Waals surface area contributed by atoms with Crippen LogP contribution >= 0.6 is 0 Å². The molecule has 0 unspecified atom stereocenters. The first-order valence-electron chi connectivity index (χ1n) is 7.49. The quantitative estimate of drug-likeness (QED) is 0.792. The van der Waals surface area contributed by atoms with Gasteiger partial charge >= 0.3 is 5.97 Å². The standard InChI is InChI=1S/C15H26N2O4/c1-11(14(20)21-15(2,3)4)16-12(18)10-17-9-7-5-6-8-13(17)19/h11H,5-10H2,1-4H3,(H,16,18)/t11-/m0/s1. The van der Waals surface area contributed by atoms with E-state index in [2.05, 4.69) is 5.32 Å². The molecule has 1 heterocycles. The van der Waals surface area contributed by atoms with Gasteiger partial charge in [-0.15, -0.1) is 0 Å². The lowest BCUT2D eigenvalue weighted by Crippen LogP contribution is -2.47. The summed E-state index contributed by atoms with van der Waals surface area (Å²) in [5.74, 6) is -0.797. The van der Waals surface area contributed by atoms with E-state index in [4.69, 9.17) is 4.74 Å². The van der Waals surface area contributed by atoms with Crippen molar-refractivity contribution in [3.63, 3.8) is 0 Å². The Labute approximate surface area is 126 Å². The Kier molecular flexibility index (Phi) is 6.18. The Morgan fingerprint density at radius 2 is 1.95 bits per heavy atom. The highest BCUT2D eigenvalue weighted by Crippen LogP contribution is 2.11. The van der Waals surface area contributed by atoms with Crippen molar-refractivity contribution < 1.29 is 19.1 Å². The van der Waals surface area contributed by atoms with Crippen molar-refractivity contribution >= 4 is 17.8 Å². The van der Waals surface area contributed by atoms with Crippen LogP contribution in [0.25, 0.3) is 0 Å². The molecule has 120 valence electrons. The van der Waals surface area contributed by atoms with Crippen molar-refractivity contribution in [1.82, 2.24) is 10.2 Å². The average molecular weight is 298 g/mol. The fraction of sp³-hybridized carbons (Fsp3) is 0.800. The third-order valence-corrected chi connectivity index (χ3v) is 3.14. The van der Waals surface area contributed by atoms with Crippen molar-refractivity contribution in [2.45, 2.75) is 65.0 Å². The molecular weight excluding hydrogens is 272 g/mol. The lowest BCUT2D eigenvalue weighted by atomic mass is 10.2. The van der Waals surface area contributed by atoms with Crippen LogP contribution in [0.3, 0.4) is 0 Å². The first-order chi connectivity index (χ1) is 9.69. The van der Waals surface area contributed by atoms with Gasteiger partial charge in [0.15, 0.2) is 0 Å². The number of esters is 1. The van der Waals surface area contributed by atoms with Crippen LogP contribution in [0.15, 0.2) is 0 Å². The summed E-state index contributed by atoms with van der Waals surface area (Å²) >= 11 is 0.